The molecule has 0 spiro atoms. The quantitative estimate of drug-likeness (QED) is 0.689. The summed E-state index contributed by atoms with van der Waals surface area (Å²) in [7, 11) is 1.75. The van der Waals surface area contributed by atoms with Crippen LogP contribution in [0.5, 0.6) is 0 Å². The van der Waals surface area contributed by atoms with Gasteiger partial charge in [0.05, 0.1) is 11.9 Å². The molecule has 3 N–H and O–H groups in total. The monoisotopic (exact) mass is 180 g/mol. The molecule has 0 unspecified atom stereocenters. The Labute approximate surface area is 75.9 Å². The summed E-state index contributed by atoms with van der Waals surface area (Å²) >= 11 is 0. The molecule has 1 aromatic rings. The predicted octanol–water partition coefficient (Wildman–Crippen LogP) is 0.351. The number of nitrogen functional groups attached to an aromatic ring is 1. The molecule has 1 fully saturated rings. The smallest absolute Gasteiger partial charge is 0.228 e. The first kappa shape index (κ1) is 8.10. The fourth-order valence-electron chi connectivity index (χ4n) is 1.17. The fraction of sp³-hybridized carbons (Fsp3) is 0.500. The Balaban J connectivity index is 2.11. The average Bonchev–Trinajstić information content (AvgIpc) is 2.88. The Morgan fingerprint density at radius 3 is 2.92 bits per heavy atom. The van der Waals surface area contributed by atoms with Crippen LogP contribution in [0.25, 0.3) is 0 Å². The van der Waals surface area contributed by atoms with Gasteiger partial charge in [0.1, 0.15) is 0 Å². The molecule has 1 aromatic heterocycles. The van der Waals surface area contributed by atoms with E-state index in [9.17, 15) is 4.79 Å². The van der Waals surface area contributed by atoms with Crippen molar-refractivity contribution in [2.75, 3.05) is 11.1 Å². The molecule has 5 heteroatoms. The summed E-state index contributed by atoms with van der Waals surface area (Å²) in [6.45, 7) is 0. The SMILES string of the molecule is Cn1ncc(N)c1NC(=O)C1CC1. The van der Waals surface area contributed by atoms with Gasteiger partial charge in [0, 0.05) is 13.0 Å². The van der Waals surface area contributed by atoms with Gasteiger partial charge in [-0.05, 0) is 12.8 Å². The predicted molar refractivity (Wildman–Crippen MR) is 49.0 cm³/mol. The van der Waals surface area contributed by atoms with E-state index in [1.54, 1.807) is 11.7 Å². The van der Waals surface area contributed by atoms with E-state index in [1.165, 1.54) is 6.20 Å². The Bertz CT molecular complexity index is 320. The van der Waals surface area contributed by atoms with Crippen LogP contribution in [0, 0.1) is 5.92 Å². The number of hydrogen-bond acceptors (Lipinski definition) is 3. The topological polar surface area (TPSA) is 72.9 Å². The van der Waals surface area contributed by atoms with Crippen molar-refractivity contribution < 1.29 is 4.79 Å². The van der Waals surface area contributed by atoms with Gasteiger partial charge in [-0.2, -0.15) is 5.10 Å². The van der Waals surface area contributed by atoms with E-state index < -0.39 is 0 Å². The van der Waals surface area contributed by atoms with Gasteiger partial charge in [-0.25, -0.2) is 0 Å². The number of rotatable bonds is 2. The summed E-state index contributed by atoms with van der Waals surface area (Å²) in [6, 6.07) is 0. The van der Waals surface area contributed by atoms with Crippen LogP contribution in [0.2, 0.25) is 0 Å². The van der Waals surface area contributed by atoms with Crippen molar-refractivity contribution in [3.8, 4) is 0 Å². The van der Waals surface area contributed by atoms with Crippen LogP contribution < -0.4 is 11.1 Å². The lowest BCUT2D eigenvalue weighted by Gasteiger charge is -2.04. The number of anilines is 2. The standard InChI is InChI=1S/C8H12N4O/c1-12-7(6(9)4-10-12)11-8(13)5-2-3-5/h4-5H,2-3,9H2,1H3,(H,11,13). The van der Waals surface area contributed by atoms with Gasteiger partial charge in [0.25, 0.3) is 0 Å². The number of carbonyl (C=O) groups is 1. The first-order chi connectivity index (χ1) is 6.18. The van der Waals surface area contributed by atoms with E-state index in [2.05, 4.69) is 10.4 Å². The molecule has 0 aliphatic heterocycles. The molecule has 1 amide bonds. The zero-order valence-corrected chi connectivity index (χ0v) is 7.45. The van der Waals surface area contributed by atoms with E-state index in [0.717, 1.165) is 12.8 Å². The Morgan fingerprint density at radius 1 is 1.77 bits per heavy atom. The summed E-state index contributed by atoms with van der Waals surface area (Å²) < 4.78 is 1.57. The summed E-state index contributed by atoms with van der Waals surface area (Å²) in [5, 5.41) is 6.68. The maximum absolute atomic E-state index is 11.4. The van der Waals surface area contributed by atoms with Gasteiger partial charge in [-0.3, -0.25) is 9.48 Å². The first-order valence-electron chi connectivity index (χ1n) is 4.27. The normalized spacial score (nSPS) is 15.8. The number of aryl methyl sites for hydroxylation is 1. The third-order valence-corrected chi connectivity index (χ3v) is 2.16. The number of amides is 1. The van der Waals surface area contributed by atoms with Crippen molar-refractivity contribution in [3.63, 3.8) is 0 Å². The first-order valence-corrected chi connectivity index (χ1v) is 4.27. The lowest BCUT2D eigenvalue weighted by molar-refractivity contribution is -0.117. The molecule has 0 aromatic carbocycles. The number of aromatic nitrogens is 2. The van der Waals surface area contributed by atoms with Crippen molar-refractivity contribution >= 4 is 17.4 Å². The second-order valence-electron chi connectivity index (χ2n) is 3.34. The summed E-state index contributed by atoms with van der Waals surface area (Å²) in [5.41, 5.74) is 6.12. The highest BCUT2D eigenvalue weighted by Crippen LogP contribution is 2.30. The van der Waals surface area contributed by atoms with Crippen LogP contribution in [-0.4, -0.2) is 15.7 Å². The van der Waals surface area contributed by atoms with Crippen LogP contribution in [0.4, 0.5) is 11.5 Å². The van der Waals surface area contributed by atoms with Gasteiger partial charge in [-0.1, -0.05) is 0 Å². The molecule has 13 heavy (non-hydrogen) atoms. The Morgan fingerprint density at radius 2 is 2.46 bits per heavy atom. The molecule has 1 aliphatic carbocycles. The highest BCUT2D eigenvalue weighted by Gasteiger charge is 2.30. The third kappa shape index (κ3) is 1.49. The van der Waals surface area contributed by atoms with Gasteiger partial charge in [-0.15, -0.1) is 0 Å². The third-order valence-electron chi connectivity index (χ3n) is 2.16. The molecule has 0 atom stereocenters. The number of nitrogens with zero attached hydrogens (tertiary/aromatic N) is 2. The molecular weight excluding hydrogens is 168 g/mol. The maximum Gasteiger partial charge on any atom is 0.228 e. The van der Waals surface area contributed by atoms with Crippen LogP contribution >= 0.6 is 0 Å². The number of nitrogens with one attached hydrogen (secondary N) is 1. The van der Waals surface area contributed by atoms with E-state index >= 15 is 0 Å². The largest absolute Gasteiger partial charge is 0.394 e. The Kier molecular flexibility index (Phi) is 1.72. The van der Waals surface area contributed by atoms with Gasteiger partial charge in [0.15, 0.2) is 5.82 Å². The second-order valence-corrected chi connectivity index (χ2v) is 3.34. The minimum Gasteiger partial charge on any atom is -0.394 e. The molecule has 5 nitrogen and oxygen atoms in total. The number of nitrogens with two attached hydrogens (primary N) is 1. The zero-order chi connectivity index (χ0) is 9.42. The van der Waals surface area contributed by atoms with Crippen molar-refractivity contribution in [3.05, 3.63) is 6.20 Å². The number of hydrogen-bond donors (Lipinski definition) is 2. The van der Waals surface area contributed by atoms with Gasteiger partial charge in [0.2, 0.25) is 5.91 Å². The van der Waals surface area contributed by atoms with Crippen molar-refractivity contribution in [1.29, 1.82) is 0 Å². The lowest BCUT2D eigenvalue weighted by Crippen LogP contribution is -2.16. The fourth-order valence-corrected chi connectivity index (χ4v) is 1.17. The van der Waals surface area contributed by atoms with E-state index in [4.69, 9.17) is 5.73 Å². The minimum absolute atomic E-state index is 0.0512. The molecular formula is C8H12N4O. The molecule has 1 heterocycles. The zero-order valence-electron chi connectivity index (χ0n) is 7.45. The average molecular weight is 180 g/mol. The van der Waals surface area contributed by atoms with E-state index in [0.29, 0.717) is 11.5 Å². The maximum atomic E-state index is 11.4. The van der Waals surface area contributed by atoms with Gasteiger partial charge >= 0.3 is 0 Å². The second kappa shape index (κ2) is 2.76. The molecule has 1 saturated carbocycles. The van der Waals surface area contributed by atoms with E-state index in [1.807, 2.05) is 0 Å². The van der Waals surface area contributed by atoms with E-state index in [-0.39, 0.29) is 11.8 Å². The van der Waals surface area contributed by atoms with Crippen molar-refractivity contribution in [2.45, 2.75) is 12.8 Å². The Hall–Kier alpha value is -1.52. The molecule has 2 rings (SSSR count). The van der Waals surface area contributed by atoms with Gasteiger partial charge < -0.3 is 11.1 Å². The highest BCUT2D eigenvalue weighted by atomic mass is 16.2. The lowest BCUT2D eigenvalue weighted by atomic mass is 10.4. The van der Waals surface area contributed by atoms with Crippen LogP contribution in [0.15, 0.2) is 6.20 Å². The highest BCUT2D eigenvalue weighted by molar-refractivity contribution is 5.95. The summed E-state index contributed by atoms with van der Waals surface area (Å²) in [4.78, 5) is 11.4. The molecule has 0 saturated heterocycles. The minimum atomic E-state index is 0.0512. The summed E-state index contributed by atoms with van der Waals surface area (Å²) in [6.07, 6.45) is 3.51. The number of carbonyl (C=O) groups excluding carboxylic acids is 1. The van der Waals surface area contributed by atoms with Crippen molar-refractivity contribution in [1.82, 2.24) is 9.78 Å². The molecule has 0 radical (unpaired) electrons. The molecule has 70 valence electrons. The summed E-state index contributed by atoms with van der Waals surface area (Å²) in [5.74, 6) is 0.835. The van der Waals surface area contributed by atoms with Crippen LogP contribution in [0.1, 0.15) is 12.8 Å². The van der Waals surface area contributed by atoms with Crippen LogP contribution in [-0.2, 0) is 11.8 Å². The molecule has 0 bridgehead atoms. The molecule has 1 aliphatic rings. The van der Waals surface area contributed by atoms with Crippen molar-refractivity contribution in [2.24, 2.45) is 13.0 Å². The van der Waals surface area contributed by atoms with Crippen LogP contribution in [0.3, 0.4) is 0 Å².